The molecule has 7 heteroatoms. The molecule has 0 saturated carbocycles. The average Bonchev–Trinajstić information content (AvgIpc) is 3.18. The number of hydrogen-bond acceptors (Lipinski definition) is 5. The van der Waals surface area contributed by atoms with Gasteiger partial charge in [0.05, 0.1) is 7.11 Å². The molecule has 2 N–H and O–H groups in total. The molecule has 28 heavy (non-hydrogen) atoms. The maximum Gasteiger partial charge on any atom is 0.339 e. The van der Waals surface area contributed by atoms with Crippen molar-refractivity contribution < 1.29 is 28.9 Å². The van der Waals surface area contributed by atoms with E-state index in [4.69, 9.17) is 9.47 Å². The van der Waals surface area contributed by atoms with Crippen LogP contribution in [0.5, 0.6) is 11.5 Å². The van der Waals surface area contributed by atoms with Crippen molar-refractivity contribution in [2.24, 2.45) is 0 Å². The van der Waals surface area contributed by atoms with Crippen LogP contribution < -0.4 is 9.47 Å². The van der Waals surface area contributed by atoms with Crippen molar-refractivity contribution in [3.05, 3.63) is 47.8 Å². The van der Waals surface area contributed by atoms with Gasteiger partial charge in [-0.1, -0.05) is 6.07 Å². The van der Waals surface area contributed by atoms with E-state index in [1.54, 1.807) is 12.1 Å². The molecule has 1 atom stereocenters. The summed E-state index contributed by atoms with van der Waals surface area (Å²) in [4.78, 5) is 13.6. The number of benzene rings is 2. The number of nitrogens with zero attached hydrogens (tertiary/aromatic N) is 1. The molecule has 1 saturated heterocycles. The van der Waals surface area contributed by atoms with Gasteiger partial charge in [-0.25, -0.2) is 9.18 Å². The first kappa shape index (κ1) is 20.1. The van der Waals surface area contributed by atoms with Gasteiger partial charge in [-0.05, 0) is 61.3 Å². The summed E-state index contributed by atoms with van der Waals surface area (Å²) in [7, 11) is 1.39. The van der Waals surface area contributed by atoms with Gasteiger partial charge in [0.25, 0.3) is 0 Å². The van der Waals surface area contributed by atoms with Crippen molar-refractivity contribution in [1.29, 1.82) is 0 Å². The Bertz CT molecular complexity index is 836. The third-order valence-corrected chi connectivity index (χ3v) is 4.74. The molecule has 0 aliphatic carbocycles. The van der Waals surface area contributed by atoms with E-state index < -0.39 is 17.9 Å². The molecule has 150 valence electrons. The molecule has 1 aliphatic heterocycles. The van der Waals surface area contributed by atoms with Gasteiger partial charge in [0, 0.05) is 12.6 Å². The predicted octanol–water partition coefficient (Wildman–Crippen LogP) is 3.04. The third kappa shape index (κ3) is 4.99. The van der Waals surface area contributed by atoms with Crippen molar-refractivity contribution in [2.45, 2.75) is 18.9 Å². The Balaban J connectivity index is 1.74. The molecule has 0 spiro atoms. The van der Waals surface area contributed by atoms with Crippen LogP contribution in [-0.2, 0) is 0 Å². The van der Waals surface area contributed by atoms with Crippen LogP contribution in [-0.4, -0.2) is 60.5 Å². The zero-order chi connectivity index (χ0) is 20.1. The molecular weight excluding hydrogens is 365 g/mol. The van der Waals surface area contributed by atoms with E-state index in [2.05, 4.69) is 4.90 Å². The number of aliphatic hydroxyl groups excluding tert-OH is 1. The smallest absolute Gasteiger partial charge is 0.339 e. The maximum absolute atomic E-state index is 14.1. The van der Waals surface area contributed by atoms with Crippen molar-refractivity contribution in [3.8, 4) is 22.6 Å². The standard InChI is InChI=1S/C21H24FNO5/c1-27-20-5-4-14(10-19(20)21(25)26)15-8-16(22)11-18(9-15)28-13-17(24)12-23-6-2-3-7-23/h4-5,8-11,17,24H,2-3,6-7,12-13H2,1H3,(H,25,26). The summed E-state index contributed by atoms with van der Waals surface area (Å²) in [6.07, 6.45) is 1.62. The lowest BCUT2D eigenvalue weighted by Crippen LogP contribution is -2.33. The SMILES string of the molecule is COc1ccc(-c2cc(F)cc(OCC(O)CN3CCCC3)c2)cc1C(=O)O. The summed E-state index contributed by atoms with van der Waals surface area (Å²) < 4.78 is 24.7. The van der Waals surface area contributed by atoms with Crippen molar-refractivity contribution >= 4 is 5.97 Å². The molecule has 0 bridgehead atoms. The lowest BCUT2D eigenvalue weighted by atomic mass is 10.0. The molecule has 1 heterocycles. The van der Waals surface area contributed by atoms with Crippen molar-refractivity contribution in [1.82, 2.24) is 4.90 Å². The van der Waals surface area contributed by atoms with Crippen LogP contribution in [0.3, 0.4) is 0 Å². The topological polar surface area (TPSA) is 79.2 Å². The fourth-order valence-electron chi connectivity index (χ4n) is 3.38. The van der Waals surface area contributed by atoms with E-state index in [9.17, 15) is 19.4 Å². The van der Waals surface area contributed by atoms with Crippen LogP contribution >= 0.6 is 0 Å². The van der Waals surface area contributed by atoms with Gasteiger partial charge in [-0.2, -0.15) is 0 Å². The zero-order valence-corrected chi connectivity index (χ0v) is 15.7. The highest BCUT2D eigenvalue weighted by Crippen LogP contribution is 2.30. The molecule has 0 amide bonds. The second-order valence-electron chi connectivity index (χ2n) is 6.87. The number of rotatable bonds is 8. The van der Waals surface area contributed by atoms with Gasteiger partial charge in [0.15, 0.2) is 0 Å². The quantitative estimate of drug-likeness (QED) is 0.723. The monoisotopic (exact) mass is 389 g/mol. The molecule has 1 unspecified atom stereocenters. The normalized spacial score (nSPS) is 15.4. The van der Waals surface area contributed by atoms with Gasteiger partial charge in [0.2, 0.25) is 0 Å². The minimum Gasteiger partial charge on any atom is -0.496 e. The molecule has 2 aromatic carbocycles. The van der Waals surface area contributed by atoms with Gasteiger partial charge in [-0.3, -0.25) is 0 Å². The lowest BCUT2D eigenvalue weighted by Gasteiger charge is -2.19. The fraction of sp³-hybridized carbons (Fsp3) is 0.381. The van der Waals surface area contributed by atoms with Gasteiger partial charge < -0.3 is 24.6 Å². The number of likely N-dealkylation sites (tertiary alicyclic amines) is 1. The molecule has 0 aromatic heterocycles. The van der Waals surface area contributed by atoms with Gasteiger partial charge in [-0.15, -0.1) is 0 Å². The van der Waals surface area contributed by atoms with E-state index >= 15 is 0 Å². The first-order chi connectivity index (χ1) is 13.5. The Morgan fingerprint density at radius 3 is 2.61 bits per heavy atom. The van der Waals surface area contributed by atoms with Crippen molar-refractivity contribution in [3.63, 3.8) is 0 Å². The summed E-state index contributed by atoms with van der Waals surface area (Å²) in [5.74, 6) is -1.12. The summed E-state index contributed by atoms with van der Waals surface area (Å²) >= 11 is 0. The summed E-state index contributed by atoms with van der Waals surface area (Å²) in [6.45, 7) is 2.54. The fourth-order valence-corrected chi connectivity index (χ4v) is 3.38. The largest absolute Gasteiger partial charge is 0.496 e. The Morgan fingerprint density at radius 1 is 1.18 bits per heavy atom. The number of ether oxygens (including phenoxy) is 2. The number of hydrogen-bond donors (Lipinski definition) is 2. The molecule has 1 fully saturated rings. The highest BCUT2D eigenvalue weighted by molar-refractivity contribution is 5.92. The van der Waals surface area contributed by atoms with Crippen LogP contribution in [0.4, 0.5) is 4.39 Å². The van der Waals surface area contributed by atoms with E-state index in [1.807, 2.05) is 0 Å². The van der Waals surface area contributed by atoms with Gasteiger partial charge in [0.1, 0.15) is 35.6 Å². The third-order valence-electron chi connectivity index (χ3n) is 4.74. The lowest BCUT2D eigenvalue weighted by molar-refractivity contribution is 0.0693. The zero-order valence-electron chi connectivity index (χ0n) is 15.7. The number of carboxylic acids is 1. The van der Waals surface area contributed by atoms with E-state index in [-0.39, 0.29) is 23.7 Å². The number of carbonyl (C=O) groups is 1. The number of β-amino-alcohol motifs (C(OH)–C–C–N with tert-alkyl or cyclic N) is 1. The predicted molar refractivity (Wildman–Crippen MR) is 103 cm³/mol. The summed E-state index contributed by atoms with van der Waals surface area (Å²) in [5.41, 5.74) is 1.00. The minimum absolute atomic E-state index is 0.00670. The molecule has 0 radical (unpaired) electrons. The van der Waals surface area contributed by atoms with E-state index in [0.717, 1.165) is 25.9 Å². The van der Waals surface area contributed by atoms with Crippen LogP contribution in [0.15, 0.2) is 36.4 Å². The van der Waals surface area contributed by atoms with Crippen LogP contribution in [0.2, 0.25) is 0 Å². The molecular formula is C21H24FNO5. The molecule has 3 rings (SSSR count). The molecule has 2 aromatic rings. The van der Waals surface area contributed by atoms with Crippen LogP contribution in [0.25, 0.3) is 11.1 Å². The van der Waals surface area contributed by atoms with Crippen LogP contribution in [0.1, 0.15) is 23.2 Å². The summed E-state index contributed by atoms with van der Waals surface area (Å²) in [6, 6.07) is 8.80. The number of aliphatic hydroxyl groups is 1. The number of aromatic carboxylic acids is 1. The molecule has 1 aliphatic rings. The Labute approximate surface area is 163 Å². The van der Waals surface area contributed by atoms with E-state index in [0.29, 0.717) is 17.7 Å². The highest BCUT2D eigenvalue weighted by Gasteiger charge is 2.17. The maximum atomic E-state index is 14.1. The van der Waals surface area contributed by atoms with Crippen LogP contribution in [0, 0.1) is 5.82 Å². The first-order valence-electron chi connectivity index (χ1n) is 9.22. The molecule has 6 nitrogen and oxygen atoms in total. The number of methoxy groups -OCH3 is 1. The average molecular weight is 389 g/mol. The second-order valence-corrected chi connectivity index (χ2v) is 6.87. The van der Waals surface area contributed by atoms with Gasteiger partial charge >= 0.3 is 5.97 Å². The Morgan fingerprint density at radius 2 is 1.93 bits per heavy atom. The minimum atomic E-state index is -1.13. The Hall–Kier alpha value is -2.64. The Kier molecular flexibility index (Phi) is 6.49. The van der Waals surface area contributed by atoms with E-state index in [1.165, 1.54) is 31.4 Å². The first-order valence-corrected chi connectivity index (χ1v) is 9.22. The number of carboxylic acid groups (broad SMARTS) is 1. The highest BCUT2D eigenvalue weighted by atomic mass is 19.1. The summed E-state index contributed by atoms with van der Waals surface area (Å²) in [5, 5.41) is 19.5. The second kappa shape index (κ2) is 9.03. The van der Waals surface area contributed by atoms with Crippen molar-refractivity contribution in [2.75, 3.05) is 33.4 Å². The number of halogens is 1.